The molecule has 8 heteroatoms. The molecule has 0 bridgehead atoms. The quantitative estimate of drug-likeness (QED) is 0.531. The van der Waals surface area contributed by atoms with Crippen LogP contribution in [0, 0.1) is 21.9 Å². The van der Waals surface area contributed by atoms with Gasteiger partial charge in [0.1, 0.15) is 11.6 Å². The van der Waals surface area contributed by atoms with E-state index in [-0.39, 0.29) is 5.82 Å². The number of benzene rings is 1. The Morgan fingerprint density at radius 3 is 2.60 bits per heavy atom. The molecule has 0 spiro atoms. The van der Waals surface area contributed by atoms with Crippen molar-refractivity contribution >= 4 is 17.4 Å². The number of halogens is 2. The molecule has 0 radical (unpaired) electrons. The number of non-ortho nitro benzene ring substituents is 1. The molecule has 6 nitrogen and oxygen atoms in total. The van der Waals surface area contributed by atoms with Crippen molar-refractivity contribution < 1.29 is 18.5 Å². The molecule has 0 saturated carbocycles. The average Bonchev–Trinajstić information content (AvgIpc) is 2.38. The predicted octanol–water partition coefficient (Wildman–Crippen LogP) is 2.52. The molecule has 102 valence electrons. The highest BCUT2D eigenvalue weighted by molar-refractivity contribution is 6.04. The van der Waals surface area contributed by atoms with Crippen LogP contribution in [-0.2, 0) is 0 Å². The SMILES string of the molecule is O=C(Nc1cccc(F)n1)c1ccc([N+](=O)[O-])cc1F. The normalized spacial score (nSPS) is 10.1. The Kier molecular flexibility index (Phi) is 3.65. The third-order valence-corrected chi connectivity index (χ3v) is 2.36. The lowest BCUT2D eigenvalue weighted by molar-refractivity contribution is -0.385. The second kappa shape index (κ2) is 5.39. The van der Waals surface area contributed by atoms with E-state index in [0.29, 0.717) is 6.07 Å². The van der Waals surface area contributed by atoms with E-state index in [1.807, 2.05) is 0 Å². The first kappa shape index (κ1) is 13.5. The van der Waals surface area contributed by atoms with Crippen LogP contribution in [0.25, 0.3) is 0 Å². The van der Waals surface area contributed by atoms with Gasteiger partial charge in [0.05, 0.1) is 16.6 Å². The van der Waals surface area contributed by atoms with Gasteiger partial charge in [0.15, 0.2) is 0 Å². The minimum atomic E-state index is -1.05. The molecule has 1 N–H and O–H groups in total. The van der Waals surface area contributed by atoms with Crippen molar-refractivity contribution in [3.63, 3.8) is 0 Å². The molecule has 0 aliphatic rings. The highest BCUT2D eigenvalue weighted by Gasteiger charge is 2.16. The molecule has 1 aromatic heterocycles. The summed E-state index contributed by atoms with van der Waals surface area (Å²) in [6, 6.07) is 6.34. The van der Waals surface area contributed by atoms with Crippen LogP contribution in [0.1, 0.15) is 10.4 Å². The van der Waals surface area contributed by atoms with Gasteiger partial charge in [0.2, 0.25) is 5.95 Å². The second-order valence-electron chi connectivity index (χ2n) is 3.72. The zero-order chi connectivity index (χ0) is 14.7. The fourth-order valence-corrected chi connectivity index (χ4v) is 1.46. The minimum Gasteiger partial charge on any atom is -0.306 e. The van der Waals surface area contributed by atoms with Gasteiger partial charge in [-0.25, -0.2) is 9.37 Å². The van der Waals surface area contributed by atoms with Crippen LogP contribution in [0.15, 0.2) is 36.4 Å². The number of carbonyl (C=O) groups is 1. The number of nitro groups is 1. The zero-order valence-electron chi connectivity index (χ0n) is 9.84. The number of nitrogens with zero attached hydrogens (tertiary/aromatic N) is 2. The number of aromatic nitrogens is 1. The molecule has 0 fully saturated rings. The van der Waals surface area contributed by atoms with Crippen molar-refractivity contribution in [3.8, 4) is 0 Å². The standard InChI is InChI=1S/C12H7F2N3O3/c13-9-6-7(17(19)20)4-5-8(9)12(18)16-11-3-1-2-10(14)15-11/h1-6H,(H,15,16,18). The first-order valence-corrected chi connectivity index (χ1v) is 5.35. The van der Waals surface area contributed by atoms with E-state index >= 15 is 0 Å². The zero-order valence-corrected chi connectivity index (χ0v) is 9.84. The highest BCUT2D eigenvalue weighted by atomic mass is 19.1. The Morgan fingerprint density at radius 1 is 1.25 bits per heavy atom. The van der Waals surface area contributed by atoms with Gasteiger partial charge in [0, 0.05) is 6.07 Å². The fraction of sp³-hybridized carbons (Fsp3) is 0. The van der Waals surface area contributed by atoms with Gasteiger partial charge >= 0.3 is 0 Å². The van der Waals surface area contributed by atoms with Crippen LogP contribution in [0.2, 0.25) is 0 Å². The summed E-state index contributed by atoms with van der Waals surface area (Å²) in [5.41, 5.74) is -0.871. The number of nitrogens with one attached hydrogen (secondary N) is 1. The molecule has 1 amide bonds. The lowest BCUT2D eigenvalue weighted by atomic mass is 10.2. The van der Waals surface area contributed by atoms with Crippen LogP contribution in [0.3, 0.4) is 0 Å². The fourth-order valence-electron chi connectivity index (χ4n) is 1.46. The molecule has 0 aliphatic heterocycles. The summed E-state index contributed by atoms with van der Waals surface area (Å²) in [5.74, 6) is -2.82. The Hall–Kier alpha value is -2.90. The molecule has 0 saturated heterocycles. The minimum absolute atomic E-state index is 0.0900. The van der Waals surface area contributed by atoms with Gasteiger partial charge < -0.3 is 5.32 Å². The van der Waals surface area contributed by atoms with Gasteiger partial charge in [-0.15, -0.1) is 0 Å². The van der Waals surface area contributed by atoms with E-state index in [9.17, 15) is 23.7 Å². The van der Waals surface area contributed by atoms with Crippen LogP contribution in [-0.4, -0.2) is 15.8 Å². The van der Waals surface area contributed by atoms with E-state index < -0.39 is 33.8 Å². The maximum atomic E-state index is 13.6. The van der Waals surface area contributed by atoms with Crippen molar-refractivity contribution in [2.75, 3.05) is 5.32 Å². The molecule has 1 heterocycles. The maximum Gasteiger partial charge on any atom is 0.272 e. The van der Waals surface area contributed by atoms with Crippen LogP contribution >= 0.6 is 0 Å². The Morgan fingerprint density at radius 2 is 2.00 bits per heavy atom. The lowest BCUT2D eigenvalue weighted by Crippen LogP contribution is -2.15. The van der Waals surface area contributed by atoms with E-state index in [4.69, 9.17) is 0 Å². The number of rotatable bonds is 3. The molecule has 0 unspecified atom stereocenters. The number of anilines is 1. The number of amides is 1. The average molecular weight is 279 g/mol. The summed E-state index contributed by atoms with van der Waals surface area (Å²) in [7, 11) is 0. The van der Waals surface area contributed by atoms with Gasteiger partial charge in [0.25, 0.3) is 11.6 Å². The Labute approximate surface area is 111 Å². The van der Waals surface area contributed by atoms with Crippen molar-refractivity contribution in [2.45, 2.75) is 0 Å². The topological polar surface area (TPSA) is 85.1 Å². The van der Waals surface area contributed by atoms with Gasteiger partial charge in [-0.1, -0.05) is 6.07 Å². The highest BCUT2D eigenvalue weighted by Crippen LogP contribution is 2.17. The van der Waals surface area contributed by atoms with Crippen LogP contribution in [0.5, 0.6) is 0 Å². The number of hydrogen-bond acceptors (Lipinski definition) is 4. The summed E-state index contributed by atoms with van der Waals surface area (Å²) in [5, 5.41) is 12.6. The summed E-state index contributed by atoms with van der Waals surface area (Å²) in [6.07, 6.45) is 0. The maximum absolute atomic E-state index is 13.6. The van der Waals surface area contributed by atoms with Crippen molar-refractivity contribution in [3.05, 3.63) is 63.8 Å². The smallest absolute Gasteiger partial charge is 0.272 e. The molecular formula is C12H7F2N3O3. The molecule has 2 aromatic rings. The van der Waals surface area contributed by atoms with Gasteiger partial charge in [-0.2, -0.15) is 4.39 Å². The van der Waals surface area contributed by atoms with Crippen molar-refractivity contribution in [2.24, 2.45) is 0 Å². The second-order valence-corrected chi connectivity index (χ2v) is 3.72. The van der Waals surface area contributed by atoms with Crippen LogP contribution < -0.4 is 5.32 Å². The molecule has 1 aromatic carbocycles. The predicted molar refractivity (Wildman–Crippen MR) is 65.2 cm³/mol. The van der Waals surface area contributed by atoms with E-state index in [1.165, 1.54) is 12.1 Å². The molecule has 0 atom stereocenters. The van der Waals surface area contributed by atoms with Gasteiger partial charge in [-0.05, 0) is 18.2 Å². The summed E-state index contributed by atoms with van der Waals surface area (Å²) in [6.45, 7) is 0. The molecular weight excluding hydrogens is 272 g/mol. The number of carbonyl (C=O) groups excluding carboxylic acids is 1. The van der Waals surface area contributed by atoms with E-state index in [1.54, 1.807) is 0 Å². The Bertz CT molecular complexity index is 691. The van der Waals surface area contributed by atoms with Crippen molar-refractivity contribution in [1.29, 1.82) is 0 Å². The van der Waals surface area contributed by atoms with Gasteiger partial charge in [-0.3, -0.25) is 14.9 Å². The third kappa shape index (κ3) is 2.91. The number of pyridine rings is 1. The van der Waals surface area contributed by atoms with Crippen LogP contribution in [0.4, 0.5) is 20.3 Å². The largest absolute Gasteiger partial charge is 0.306 e. The lowest BCUT2D eigenvalue weighted by Gasteiger charge is -2.05. The monoisotopic (exact) mass is 279 g/mol. The molecule has 20 heavy (non-hydrogen) atoms. The molecule has 2 rings (SSSR count). The number of hydrogen-bond donors (Lipinski definition) is 1. The first-order valence-electron chi connectivity index (χ1n) is 5.35. The Balaban J connectivity index is 2.23. The molecule has 0 aliphatic carbocycles. The summed E-state index contributed by atoms with van der Waals surface area (Å²) in [4.78, 5) is 24.8. The summed E-state index contributed by atoms with van der Waals surface area (Å²) >= 11 is 0. The summed E-state index contributed by atoms with van der Waals surface area (Å²) < 4.78 is 26.4. The van der Waals surface area contributed by atoms with E-state index in [0.717, 1.165) is 18.2 Å². The van der Waals surface area contributed by atoms with Crippen molar-refractivity contribution in [1.82, 2.24) is 4.98 Å². The third-order valence-electron chi connectivity index (χ3n) is 2.36. The first-order chi connectivity index (χ1) is 9.47. The number of nitro benzene ring substituents is 1. The van der Waals surface area contributed by atoms with E-state index in [2.05, 4.69) is 10.3 Å².